The molecule has 0 saturated carbocycles. The molecule has 2 heterocycles. The molecule has 2 saturated heterocycles. The first kappa shape index (κ1) is 14.0. The molecule has 0 aromatic rings. The van der Waals surface area contributed by atoms with Crippen molar-refractivity contribution in [1.29, 1.82) is 0 Å². The number of hydrogen-bond acceptors (Lipinski definition) is 4. The molecule has 2 aliphatic heterocycles. The molecule has 2 rings (SSSR count). The Hall–Kier alpha value is -0.420. The summed E-state index contributed by atoms with van der Waals surface area (Å²) in [6.07, 6.45) is 3.57. The largest absolute Gasteiger partial charge is 0.450 e. The monoisotopic (exact) mass is 272 g/mol. The number of thioether (sulfide) groups is 1. The van der Waals surface area contributed by atoms with Gasteiger partial charge in [0.15, 0.2) is 0 Å². The Morgan fingerprint density at radius 1 is 1.28 bits per heavy atom. The van der Waals surface area contributed by atoms with E-state index in [1.54, 1.807) is 0 Å². The lowest BCUT2D eigenvalue weighted by atomic mass is 10.2. The molecule has 0 spiro atoms. The molecule has 0 aromatic heterocycles. The third kappa shape index (κ3) is 3.79. The highest BCUT2D eigenvalue weighted by Crippen LogP contribution is 2.19. The number of likely N-dealkylation sites (tertiary alicyclic amines) is 1. The number of carbonyl (C=O) groups excluding carboxylic acids is 1. The van der Waals surface area contributed by atoms with Gasteiger partial charge in [0.2, 0.25) is 0 Å². The molecule has 4 nitrogen and oxygen atoms in total. The van der Waals surface area contributed by atoms with E-state index in [0.717, 1.165) is 31.0 Å². The highest BCUT2D eigenvalue weighted by atomic mass is 32.2. The van der Waals surface area contributed by atoms with Gasteiger partial charge in [0.05, 0.1) is 12.6 Å². The number of amides is 1. The van der Waals surface area contributed by atoms with Crippen LogP contribution in [0.4, 0.5) is 4.79 Å². The van der Waals surface area contributed by atoms with Crippen molar-refractivity contribution in [1.82, 2.24) is 9.80 Å². The zero-order valence-corrected chi connectivity index (χ0v) is 12.1. The zero-order valence-electron chi connectivity index (χ0n) is 11.3. The standard InChI is InChI=1S/C13H24N2O2S/c1-2-17-13(16)15-8-5-9-18-11-12(15)10-14-6-3-4-7-14/h12H,2-11H2,1H3. The molecule has 104 valence electrons. The van der Waals surface area contributed by atoms with Gasteiger partial charge >= 0.3 is 6.09 Å². The average Bonchev–Trinajstić information content (AvgIpc) is 2.74. The smallest absolute Gasteiger partial charge is 0.410 e. The van der Waals surface area contributed by atoms with Gasteiger partial charge in [-0.05, 0) is 45.0 Å². The maximum Gasteiger partial charge on any atom is 0.410 e. The van der Waals surface area contributed by atoms with Crippen molar-refractivity contribution in [2.75, 3.05) is 44.3 Å². The minimum Gasteiger partial charge on any atom is -0.450 e. The van der Waals surface area contributed by atoms with Crippen LogP contribution in [0.15, 0.2) is 0 Å². The van der Waals surface area contributed by atoms with E-state index in [2.05, 4.69) is 4.90 Å². The lowest BCUT2D eigenvalue weighted by molar-refractivity contribution is 0.0870. The van der Waals surface area contributed by atoms with Crippen LogP contribution < -0.4 is 0 Å². The molecule has 2 aliphatic rings. The Morgan fingerprint density at radius 3 is 2.78 bits per heavy atom. The molecule has 1 unspecified atom stereocenters. The van der Waals surface area contributed by atoms with Gasteiger partial charge in [0.1, 0.15) is 0 Å². The van der Waals surface area contributed by atoms with E-state index in [4.69, 9.17) is 4.74 Å². The van der Waals surface area contributed by atoms with E-state index < -0.39 is 0 Å². The Balaban J connectivity index is 1.94. The topological polar surface area (TPSA) is 32.8 Å². The maximum absolute atomic E-state index is 12.0. The third-order valence-corrected chi connectivity index (χ3v) is 4.81. The minimum atomic E-state index is -0.121. The van der Waals surface area contributed by atoms with Gasteiger partial charge in [-0.2, -0.15) is 11.8 Å². The van der Waals surface area contributed by atoms with Gasteiger partial charge in [-0.3, -0.25) is 0 Å². The molecule has 0 aliphatic carbocycles. The number of nitrogens with zero attached hydrogens (tertiary/aromatic N) is 2. The summed E-state index contributed by atoms with van der Waals surface area (Å²) >= 11 is 1.97. The third-order valence-electron chi connectivity index (χ3n) is 3.61. The van der Waals surface area contributed by atoms with Crippen LogP contribution in [0.3, 0.4) is 0 Å². The Bertz CT molecular complexity index is 270. The molecular weight excluding hydrogens is 248 g/mol. The van der Waals surface area contributed by atoms with Crippen molar-refractivity contribution < 1.29 is 9.53 Å². The van der Waals surface area contributed by atoms with Crippen LogP contribution in [0.25, 0.3) is 0 Å². The van der Waals surface area contributed by atoms with Crippen LogP contribution in [0.1, 0.15) is 26.2 Å². The van der Waals surface area contributed by atoms with Crippen molar-refractivity contribution in [2.24, 2.45) is 0 Å². The fraction of sp³-hybridized carbons (Fsp3) is 0.923. The summed E-state index contributed by atoms with van der Waals surface area (Å²) in [6, 6.07) is 0.328. The van der Waals surface area contributed by atoms with Gasteiger partial charge in [0.25, 0.3) is 0 Å². The molecular formula is C13H24N2O2S. The summed E-state index contributed by atoms with van der Waals surface area (Å²) in [6.45, 7) is 6.60. The van der Waals surface area contributed by atoms with E-state index in [1.807, 2.05) is 23.6 Å². The van der Waals surface area contributed by atoms with Gasteiger partial charge in [-0.1, -0.05) is 0 Å². The maximum atomic E-state index is 12.0. The summed E-state index contributed by atoms with van der Waals surface area (Å²) in [5.74, 6) is 2.21. The average molecular weight is 272 g/mol. The molecule has 0 bridgehead atoms. The second-order valence-corrected chi connectivity index (χ2v) is 6.13. The Labute approximate surface area is 114 Å². The Morgan fingerprint density at radius 2 is 2.06 bits per heavy atom. The summed E-state index contributed by atoms with van der Waals surface area (Å²) < 4.78 is 5.19. The molecule has 1 amide bonds. The minimum absolute atomic E-state index is 0.121. The molecule has 5 heteroatoms. The van der Waals surface area contributed by atoms with Crippen LogP contribution in [0.2, 0.25) is 0 Å². The fourth-order valence-corrected chi connectivity index (χ4v) is 3.75. The molecule has 18 heavy (non-hydrogen) atoms. The Kier molecular flexibility index (Phi) is 5.63. The predicted molar refractivity (Wildman–Crippen MR) is 75.1 cm³/mol. The lowest BCUT2D eigenvalue weighted by Gasteiger charge is -2.31. The van der Waals surface area contributed by atoms with E-state index >= 15 is 0 Å². The second-order valence-electron chi connectivity index (χ2n) is 4.98. The molecule has 0 radical (unpaired) electrons. The summed E-state index contributed by atoms with van der Waals surface area (Å²) in [7, 11) is 0. The number of ether oxygens (including phenoxy) is 1. The quantitative estimate of drug-likeness (QED) is 0.787. The highest BCUT2D eigenvalue weighted by molar-refractivity contribution is 7.99. The van der Waals surface area contributed by atoms with Crippen molar-refractivity contribution >= 4 is 17.9 Å². The van der Waals surface area contributed by atoms with Gasteiger partial charge < -0.3 is 14.5 Å². The van der Waals surface area contributed by atoms with Crippen LogP contribution in [0, 0.1) is 0 Å². The highest BCUT2D eigenvalue weighted by Gasteiger charge is 2.28. The van der Waals surface area contributed by atoms with Crippen LogP contribution in [-0.4, -0.2) is 66.2 Å². The van der Waals surface area contributed by atoms with Crippen molar-refractivity contribution in [3.8, 4) is 0 Å². The SMILES string of the molecule is CCOC(=O)N1CCCSCC1CN1CCCC1. The molecule has 2 fully saturated rings. The van der Waals surface area contributed by atoms with Crippen molar-refractivity contribution in [3.05, 3.63) is 0 Å². The number of hydrogen-bond donors (Lipinski definition) is 0. The lowest BCUT2D eigenvalue weighted by Crippen LogP contribution is -2.47. The first-order chi connectivity index (χ1) is 8.81. The first-order valence-corrected chi connectivity index (χ1v) is 8.20. The van der Waals surface area contributed by atoms with Crippen molar-refractivity contribution in [3.63, 3.8) is 0 Å². The summed E-state index contributed by atoms with van der Waals surface area (Å²) in [5, 5.41) is 0. The fourth-order valence-electron chi connectivity index (χ4n) is 2.69. The van der Waals surface area contributed by atoms with E-state index in [0.29, 0.717) is 12.6 Å². The normalized spacial score (nSPS) is 26.1. The zero-order chi connectivity index (χ0) is 12.8. The molecule has 1 atom stereocenters. The number of rotatable bonds is 3. The van der Waals surface area contributed by atoms with E-state index in [1.165, 1.54) is 25.9 Å². The summed E-state index contributed by atoms with van der Waals surface area (Å²) in [5.41, 5.74) is 0. The van der Waals surface area contributed by atoms with E-state index in [-0.39, 0.29) is 6.09 Å². The molecule has 0 N–H and O–H groups in total. The van der Waals surface area contributed by atoms with Crippen LogP contribution in [0.5, 0.6) is 0 Å². The van der Waals surface area contributed by atoms with E-state index in [9.17, 15) is 4.79 Å². The molecule has 0 aromatic carbocycles. The van der Waals surface area contributed by atoms with Gasteiger partial charge in [-0.25, -0.2) is 4.79 Å². The van der Waals surface area contributed by atoms with Crippen molar-refractivity contribution in [2.45, 2.75) is 32.2 Å². The number of carbonyl (C=O) groups is 1. The summed E-state index contributed by atoms with van der Waals surface area (Å²) in [4.78, 5) is 16.5. The first-order valence-electron chi connectivity index (χ1n) is 7.04. The van der Waals surface area contributed by atoms with Crippen LogP contribution in [-0.2, 0) is 4.74 Å². The predicted octanol–water partition coefficient (Wildman–Crippen LogP) is 2.05. The van der Waals surface area contributed by atoms with Gasteiger partial charge in [-0.15, -0.1) is 0 Å². The van der Waals surface area contributed by atoms with Crippen LogP contribution >= 0.6 is 11.8 Å². The van der Waals surface area contributed by atoms with Gasteiger partial charge in [0, 0.05) is 18.8 Å². The second kappa shape index (κ2) is 7.24.